The molecular formula is C58H30F6N6. The van der Waals surface area contributed by atoms with E-state index in [1.165, 1.54) is 12.1 Å². The number of hydrogen-bond acceptors (Lipinski definition) is 2. The number of rotatable bonds is 4. The first-order valence-corrected chi connectivity index (χ1v) is 22.2. The van der Waals surface area contributed by atoms with Crippen molar-refractivity contribution in [3.8, 4) is 34.9 Å². The van der Waals surface area contributed by atoms with Crippen LogP contribution >= 0.6 is 0 Å². The summed E-state index contributed by atoms with van der Waals surface area (Å²) in [6.45, 7) is 0. The predicted octanol–water partition coefficient (Wildman–Crippen LogP) is 15.9. The van der Waals surface area contributed by atoms with Crippen molar-refractivity contribution in [2.45, 2.75) is 12.4 Å². The smallest absolute Gasteiger partial charge is 0.306 e. The molecule has 70 heavy (non-hydrogen) atoms. The molecule has 0 N–H and O–H groups in total. The summed E-state index contributed by atoms with van der Waals surface area (Å²) < 4.78 is 95.1. The minimum absolute atomic E-state index is 0.0396. The predicted molar refractivity (Wildman–Crippen MR) is 263 cm³/mol. The number of nitrogens with zero attached hydrogens (tertiary/aromatic N) is 6. The lowest BCUT2D eigenvalue weighted by molar-refractivity contribution is -0.138. The Kier molecular flexibility index (Phi) is 8.56. The van der Waals surface area contributed by atoms with Crippen molar-refractivity contribution in [1.29, 1.82) is 10.5 Å². The molecule has 13 aromatic rings. The first kappa shape index (κ1) is 41.0. The van der Waals surface area contributed by atoms with E-state index in [4.69, 9.17) is 0 Å². The third kappa shape index (κ3) is 5.62. The van der Waals surface area contributed by atoms with E-state index < -0.39 is 23.5 Å². The Balaban J connectivity index is 1.36. The summed E-state index contributed by atoms with van der Waals surface area (Å²) in [7, 11) is 0. The van der Waals surface area contributed by atoms with Gasteiger partial charge in [-0.1, -0.05) is 109 Å². The number of hydrogen-bond donors (Lipinski definition) is 0. The molecule has 6 nitrogen and oxygen atoms in total. The van der Waals surface area contributed by atoms with Gasteiger partial charge in [0.2, 0.25) is 0 Å². The summed E-state index contributed by atoms with van der Waals surface area (Å²) in [6.07, 6.45) is -9.39. The van der Waals surface area contributed by atoms with Crippen LogP contribution in [0, 0.1) is 22.7 Å². The average molecular weight is 925 g/mol. The van der Waals surface area contributed by atoms with Crippen molar-refractivity contribution in [3.05, 3.63) is 204 Å². The zero-order valence-electron chi connectivity index (χ0n) is 36.3. The van der Waals surface area contributed by atoms with Gasteiger partial charge < -0.3 is 18.3 Å². The number of fused-ring (bicyclic) bond motifs is 12. The molecule has 0 aliphatic heterocycles. The third-order valence-corrected chi connectivity index (χ3v) is 13.7. The highest BCUT2D eigenvalue weighted by molar-refractivity contribution is 6.16. The fourth-order valence-corrected chi connectivity index (χ4v) is 10.9. The van der Waals surface area contributed by atoms with Crippen molar-refractivity contribution in [3.63, 3.8) is 0 Å². The Morgan fingerprint density at radius 1 is 0.286 bits per heavy atom. The molecule has 9 aromatic carbocycles. The van der Waals surface area contributed by atoms with Gasteiger partial charge in [0.15, 0.2) is 0 Å². The average Bonchev–Trinajstić information content (AvgIpc) is 4.10. The molecule has 0 saturated carbocycles. The maximum atomic E-state index is 14.6. The summed E-state index contributed by atoms with van der Waals surface area (Å²) in [5.41, 5.74) is 3.48. The largest absolute Gasteiger partial charge is 0.416 e. The van der Waals surface area contributed by atoms with E-state index in [9.17, 15) is 36.9 Å². The Morgan fingerprint density at radius 3 is 0.729 bits per heavy atom. The number of benzene rings is 9. The summed E-state index contributed by atoms with van der Waals surface area (Å²) in [4.78, 5) is 0. The number of para-hydroxylation sites is 6. The highest BCUT2D eigenvalue weighted by atomic mass is 19.4. The monoisotopic (exact) mass is 924 g/mol. The molecule has 0 spiro atoms. The van der Waals surface area contributed by atoms with Gasteiger partial charge in [0, 0.05) is 43.1 Å². The molecular weight excluding hydrogens is 895 g/mol. The Labute approximate surface area is 392 Å². The van der Waals surface area contributed by atoms with Crippen LogP contribution in [0.15, 0.2) is 182 Å². The summed E-state index contributed by atoms with van der Waals surface area (Å²) >= 11 is 0. The van der Waals surface area contributed by atoms with Gasteiger partial charge in [-0.05, 0) is 72.8 Å². The van der Waals surface area contributed by atoms with Crippen LogP contribution in [0.4, 0.5) is 26.3 Å². The van der Waals surface area contributed by atoms with Crippen LogP contribution in [0.25, 0.3) is 110 Å². The van der Waals surface area contributed by atoms with Gasteiger partial charge >= 0.3 is 12.4 Å². The van der Waals surface area contributed by atoms with E-state index in [1.807, 2.05) is 106 Å². The van der Waals surface area contributed by atoms with Gasteiger partial charge in [0.1, 0.15) is 23.3 Å². The van der Waals surface area contributed by atoms with Gasteiger partial charge in [0.05, 0.1) is 78.0 Å². The number of halogens is 6. The van der Waals surface area contributed by atoms with Crippen LogP contribution in [-0.4, -0.2) is 18.3 Å². The van der Waals surface area contributed by atoms with Crippen LogP contribution < -0.4 is 0 Å². The summed E-state index contributed by atoms with van der Waals surface area (Å²) in [5.74, 6) is 0. The maximum Gasteiger partial charge on any atom is 0.416 e. The van der Waals surface area contributed by atoms with Crippen molar-refractivity contribution in [2.24, 2.45) is 0 Å². The molecule has 12 heteroatoms. The molecule has 0 atom stereocenters. The minimum Gasteiger partial charge on any atom is -0.306 e. The molecule has 0 bridgehead atoms. The van der Waals surface area contributed by atoms with E-state index in [0.29, 0.717) is 66.3 Å². The molecule has 0 amide bonds. The van der Waals surface area contributed by atoms with Crippen molar-refractivity contribution >= 4 is 87.2 Å². The van der Waals surface area contributed by atoms with Crippen LogP contribution in [0.3, 0.4) is 0 Å². The fraction of sp³-hybridized carbons (Fsp3) is 0.0345. The second-order valence-electron chi connectivity index (χ2n) is 17.3. The topological polar surface area (TPSA) is 67.3 Å². The third-order valence-electron chi connectivity index (χ3n) is 13.7. The highest BCUT2D eigenvalue weighted by Gasteiger charge is 2.37. The number of nitriles is 2. The standard InChI is InChI=1S/C58H30F6N6/c59-57(60,61)33-25-27-51-41(29-33)39-17-5-11-23-49(39)69(51)55-43(31-65)53(67-45-19-7-1-13-35(45)36-14-2-8-20-46(36)67)54(68-47-21-9-3-15-37(47)38-16-4-10-22-48(38)68)44(32-66)56(55)70-50-24-12-6-18-40(50)42-30-34(58(62,63)64)26-28-52(42)70/h1-30H. The van der Waals surface area contributed by atoms with E-state index in [0.717, 1.165) is 45.8 Å². The Hall–Kier alpha value is -9.26. The normalized spacial score (nSPS) is 12.4. The SMILES string of the molecule is N#Cc1c(-n2c3ccccc3c3ccccc32)c(-n2c3ccccc3c3ccccc32)c(C#N)c(-n2c3ccccc3c3cc(C(F)(F)F)ccc32)c1-n1c2ccccc2c2cc(C(F)(F)F)ccc21. The van der Waals surface area contributed by atoms with E-state index in [1.54, 1.807) is 57.7 Å². The maximum absolute atomic E-state index is 14.6. The van der Waals surface area contributed by atoms with Crippen molar-refractivity contribution in [1.82, 2.24) is 18.3 Å². The number of alkyl halides is 6. The first-order chi connectivity index (χ1) is 34.0. The van der Waals surface area contributed by atoms with Gasteiger partial charge in [-0.25, -0.2) is 0 Å². The molecule has 4 heterocycles. The van der Waals surface area contributed by atoms with Gasteiger partial charge in [-0.3, -0.25) is 0 Å². The van der Waals surface area contributed by atoms with Crippen molar-refractivity contribution in [2.75, 3.05) is 0 Å². The van der Waals surface area contributed by atoms with Gasteiger partial charge in [-0.2, -0.15) is 36.9 Å². The summed E-state index contributed by atoms with van der Waals surface area (Å²) in [6, 6.07) is 57.0. The van der Waals surface area contributed by atoms with Gasteiger partial charge in [-0.15, -0.1) is 0 Å². The van der Waals surface area contributed by atoms with E-state index in [-0.39, 0.29) is 33.3 Å². The van der Waals surface area contributed by atoms with Crippen LogP contribution in [0.5, 0.6) is 0 Å². The lowest BCUT2D eigenvalue weighted by atomic mass is 9.98. The molecule has 4 aromatic heterocycles. The van der Waals surface area contributed by atoms with Crippen molar-refractivity contribution < 1.29 is 26.3 Å². The Bertz CT molecular complexity index is 4100. The second kappa shape index (κ2) is 14.6. The quantitative estimate of drug-likeness (QED) is 0.165. The molecule has 0 aliphatic rings. The van der Waals surface area contributed by atoms with E-state index in [2.05, 4.69) is 12.1 Å². The molecule has 334 valence electrons. The molecule has 0 saturated heterocycles. The zero-order chi connectivity index (χ0) is 47.8. The fourth-order valence-electron chi connectivity index (χ4n) is 10.9. The number of aromatic nitrogens is 4. The lowest BCUT2D eigenvalue weighted by Crippen LogP contribution is -2.16. The molecule has 0 aliphatic carbocycles. The van der Waals surface area contributed by atoms with Crippen LogP contribution in [0.2, 0.25) is 0 Å². The van der Waals surface area contributed by atoms with E-state index >= 15 is 0 Å². The zero-order valence-corrected chi connectivity index (χ0v) is 36.3. The van der Waals surface area contributed by atoms with Gasteiger partial charge in [0.25, 0.3) is 0 Å². The highest BCUT2D eigenvalue weighted by Crippen LogP contribution is 2.49. The van der Waals surface area contributed by atoms with Crippen LogP contribution in [-0.2, 0) is 12.4 Å². The minimum atomic E-state index is -4.69. The van der Waals surface area contributed by atoms with Crippen LogP contribution in [0.1, 0.15) is 22.3 Å². The molecule has 0 radical (unpaired) electrons. The first-order valence-electron chi connectivity index (χ1n) is 22.2. The molecule has 13 rings (SSSR count). The second-order valence-corrected chi connectivity index (χ2v) is 17.3. The Morgan fingerprint density at radius 2 is 0.500 bits per heavy atom. The lowest BCUT2D eigenvalue weighted by Gasteiger charge is -2.27. The summed E-state index contributed by atoms with van der Waals surface area (Å²) in [5, 5.41) is 29.3. The molecule has 0 fully saturated rings. The molecule has 0 unspecified atom stereocenters.